The second-order valence-electron chi connectivity index (χ2n) is 1.89. The summed E-state index contributed by atoms with van der Waals surface area (Å²) in [4.78, 5) is 0. The molecule has 1 aromatic carbocycles. The predicted molar refractivity (Wildman–Crippen MR) is 55.0 cm³/mol. The van der Waals surface area contributed by atoms with Gasteiger partial charge in [-0.15, -0.1) is 0 Å². The summed E-state index contributed by atoms with van der Waals surface area (Å²) in [5.74, 6) is 0. The summed E-state index contributed by atoms with van der Waals surface area (Å²) in [5.41, 5.74) is 1.33. The van der Waals surface area contributed by atoms with Crippen LogP contribution in [0.25, 0.3) is 0 Å². The van der Waals surface area contributed by atoms with Crippen LogP contribution in [0, 0.1) is 3.57 Å². The van der Waals surface area contributed by atoms with Gasteiger partial charge in [0, 0.05) is 8.04 Å². The van der Waals surface area contributed by atoms with Crippen molar-refractivity contribution in [2.75, 3.05) is 0 Å². The molecule has 0 bridgehead atoms. The Morgan fingerprint density at radius 1 is 1.44 bits per heavy atom. The zero-order valence-electron chi connectivity index (χ0n) is 4.99. The van der Waals surface area contributed by atoms with Crippen LogP contribution in [0.4, 0.5) is 0 Å². The van der Waals surface area contributed by atoms with Crippen molar-refractivity contribution in [2.45, 2.75) is 0 Å². The highest BCUT2D eigenvalue weighted by molar-refractivity contribution is 14.1. The van der Waals surface area contributed by atoms with Crippen molar-refractivity contribution in [1.82, 2.24) is 0 Å². The van der Waals surface area contributed by atoms with E-state index in [0.29, 0.717) is 0 Å². The summed E-state index contributed by atoms with van der Waals surface area (Å²) in [7, 11) is 2.11. The van der Waals surface area contributed by atoms with E-state index in [0.717, 1.165) is 4.47 Å². The quantitative estimate of drug-likeness (QED) is 0.500. The molecule has 0 heterocycles. The van der Waals surface area contributed by atoms with Crippen LogP contribution in [0.2, 0.25) is 0 Å². The van der Waals surface area contributed by atoms with E-state index in [4.69, 9.17) is 0 Å². The van der Waals surface area contributed by atoms with Gasteiger partial charge in [-0.1, -0.05) is 27.5 Å². The normalized spacial score (nSPS) is 9.56. The van der Waals surface area contributed by atoms with E-state index in [1.165, 1.54) is 9.03 Å². The third-order valence-electron chi connectivity index (χ3n) is 1.13. The molecule has 0 unspecified atom stereocenters. The van der Waals surface area contributed by atoms with Crippen LogP contribution in [-0.2, 0) is 0 Å². The fourth-order valence-corrected chi connectivity index (χ4v) is 1.87. The Balaban J connectivity index is 3.17. The molecule has 0 atom stereocenters. The minimum Gasteiger partial charge on any atom is -0.0758 e. The maximum atomic E-state index is 3.39. The van der Waals surface area contributed by atoms with Gasteiger partial charge in [-0.2, -0.15) is 0 Å². The van der Waals surface area contributed by atoms with Gasteiger partial charge in [0.05, 0.1) is 0 Å². The van der Waals surface area contributed by atoms with Crippen molar-refractivity contribution in [1.29, 1.82) is 0 Å². The summed E-state index contributed by atoms with van der Waals surface area (Å²) in [6.07, 6.45) is 0. The molecule has 0 fully saturated rings. The van der Waals surface area contributed by atoms with E-state index in [-0.39, 0.29) is 0 Å². The van der Waals surface area contributed by atoms with E-state index in [2.05, 4.69) is 64.6 Å². The molecule has 0 saturated carbocycles. The Hall–Kier alpha value is 0.495. The first-order chi connectivity index (χ1) is 4.20. The number of rotatable bonds is 0. The zero-order valence-corrected chi connectivity index (χ0v) is 8.73. The van der Waals surface area contributed by atoms with Gasteiger partial charge in [-0.05, 0) is 34.7 Å². The van der Waals surface area contributed by atoms with Crippen LogP contribution in [0.3, 0.4) is 0 Å². The minimum atomic E-state index is 1.15. The van der Waals surface area contributed by atoms with Crippen LogP contribution in [0.5, 0.6) is 0 Å². The molecular weight excluding hydrogens is 290 g/mol. The molecule has 3 heteroatoms. The van der Waals surface area contributed by atoms with E-state index in [1.807, 2.05) is 0 Å². The maximum absolute atomic E-state index is 3.39. The topological polar surface area (TPSA) is 0 Å². The van der Waals surface area contributed by atoms with E-state index < -0.39 is 0 Å². The molecule has 46 valence electrons. The van der Waals surface area contributed by atoms with Gasteiger partial charge in [0.15, 0.2) is 0 Å². The van der Waals surface area contributed by atoms with Gasteiger partial charge < -0.3 is 0 Å². The monoisotopic (exact) mass is 294 g/mol. The molecule has 0 amide bonds. The van der Waals surface area contributed by atoms with Crippen molar-refractivity contribution < 1.29 is 0 Å². The summed E-state index contributed by atoms with van der Waals surface area (Å²) >= 11 is 5.71. The largest absolute Gasteiger partial charge is 0.140 e. The molecule has 0 aliphatic carbocycles. The fourth-order valence-electron chi connectivity index (χ4n) is 0.567. The molecule has 0 aliphatic rings. The molecular formula is C6H5BBrI. The van der Waals surface area contributed by atoms with Gasteiger partial charge >= 0.3 is 0 Å². The van der Waals surface area contributed by atoms with Crippen LogP contribution in [-0.4, -0.2) is 7.85 Å². The van der Waals surface area contributed by atoms with E-state index >= 15 is 0 Å². The summed E-state index contributed by atoms with van der Waals surface area (Å²) in [6, 6.07) is 6.26. The fraction of sp³-hybridized carbons (Fsp3) is 0. The molecule has 9 heavy (non-hydrogen) atoms. The second-order valence-corrected chi connectivity index (χ2v) is 3.97. The molecule has 0 spiro atoms. The maximum Gasteiger partial charge on any atom is 0.140 e. The van der Waals surface area contributed by atoms with Gasteiger partial charge in [-0.3, -0.25) is 0 Å². The predicted octanol–water partition coefficient (Wildman–Crippen LogP) is 1.31. The molecule has 0 saturated heterocycles. The minimum absolute atomic E-state index is 1.15. The van der Waals surface area contributed by atoms with Crippen LogP contribution < -0.4 is 5.46 Å². The van der Waals surface area contributed by atoms with Crippen molar-refractivity contribution in [2.24, 2.45) is 0 Å². The Morgan fingerprint density at radius 2 is 2.11 bits per heavy atom. The van der Waals surface area contributed by atoms with Crippen molar-refractivity contribution in [3.05, 3.63) is 26.2 Å². The Morgan fingerprint density at radius 3 is 2.56 bits per heavy atom. The standard InChI is InChI=1S/C6H5BBrI/c7-5-2-1-4(8)3-6(5)9/h1-3H,7H2. The van der Waals surface area contributed by atoms with Gasteiger partial charge in [-0.25, -0.2) is 0 Å². The van der Waals surface area contributed by atoms with Gasteiger partial charge in [0.25, 0.3) is 0 Å². The first kappa shape index (κ1) is 7.60. The third kappa shape index (κ3) is 1.97. The summed E-state index contributed by atoms with van der Waals surface area (Å²) in [5, 5.41) is 0. The molecule has 1 aromatic rings. The average molecular weight is 295 g/mol. The van der Waals surface area contributed by atoms with Crippen molar-refractivity contribution in [3.8, 4) is 0 Å². The summed E-state index contributed by atoms with van der Waals surface area (Å²) < 4.78 is 2.46. The highest BCUT2D eigenvalue weighted by Gasteiger charge is 1.91. The number of hydrogen-bond acceptors (Lipinski definition) is 0. The lowest BCUT2D eigenvalue weighted by atomic mass is 9.97. The second kappa shape index (κ2) is 3.06. The number of benzene rings is 1. The zero-order chi connectivity index (χ0) is 6.85. The number of halogens is 2. The lowest BCUT2D eigenvalue weighted by molar-refractivity contribution is 1.65. The van der Waals surface area contributed by atoms with Crippen molar-refractivity contribution in [3.63, 3.8) is 0 Å². The van der Waals surface area contributed by atoms with Gasteiger partial charge in [0.2, 0.25) is 0 Å². The van der Waals surface area contributed by atoms with E-state index in [1.54, 1.807) is 0 Å². The van der Waals surface area contributed by atoms with Crippen LogP contribution in [0.1, 0.15) is 0 Å². The van der Waals surface area contributed by atoms with Gasteiger partial charge in [0.1, 0.15) is 7.85 Å². The van der Waals surface area contributed by atoms with E-state index in [9.17, 15) is 0 Å². The van der Waals surface area contributed by atoms with Crippen molar-refractivity contribution >= 4 is 51.8 Å². The first-order valence-electron chi connectivity index (χ1n) is 2.62. The molecule has 0 nitrogen and oxygen atoms in total. The molecule has 1 rings (SSSR count). The Kier molecular flexibility index (Phi) is 2.58. The molecule has 0 aromatic heterocycles. The van der Waals surface area contributed by atoms with Crippen LogP contribution in [0.15, 0.2) is 22.7 Å². The molecule has 0 radical (unpaired) electrons. The smallest absolute Gasteiger partial charge is 0.0758 e. The lowest BCUT2D eigenvalue weighted by Gasteiger charge is -1.95. The Labute approximate surface area is 77.7 Å². The highest BCUT2D eigenvalue weighted by Crippen LogP contribution is 2.10. The third-order valence-corrected chi connectivity index (χ3v) is 2.79. The molecule has 0 aliphatic heterocycles. The average Bonchev–Trinajstić information content (AvgIpc) is 1.80. The highest BCUT2D eigenvalue weighted by atomic mass is 127. The SMILES string of the molecule is Bc1ccc(Br)cc1I. The lowest BCUT2D eigenvalue weighted by Crippen LogP contribution is -2.05. The first-order valence-corrected chi connectivity index (χ1v) is 4.49. The van der Waals surface area contributed by atoms with Crippen LogP contribution >= 0.6 is 38.5 Å². The number of hydrogen-bond donors (Lipinski definition) is 0. The summed E-state index contributed by atoms with van der Waals surface area (Å²) in [6.45, 7) is 0. The Bertz CT molecular complexity index is 224. The molecule has 0 N–H and O–H groups in total.